The van der Waals surface area contributed by atoms with Gasteiger partial charge >= 0.3 is 0 Å². The summed E-state index contributed by atoms with van der Waals surface area (Å²) in [6, 6.07) is 36.6. The van der Waals surface area contributed by atoms with E-state index in [1.54, 1.807) is 41.1 Å². The van der Waals surface area contributed by atoms with E-state index in [1.165, 1.54) is 38.8 Å². The minimum absolute atomic E-state index is 0. The van der Waals surface area contributed by atoms with E-state index in [4.69, 9.17) is 21.1 Å². The topological polar surface area (TPSA) is 138 Å². The number of hydrogen-bond acceptors (Lipinski definition) is 10. The summed E-state index contributed by atoms with van der Waals surface area (Å²) in [4.78, 5) is 2.95. The van der Waals surface area contributed by atoms with Crippen LogP contribution < -0.4 is 14.8 Å². The lowest BCUT2D eigenvalue weighted by atomic mass is 10.1. The number of para-hydroxylation sites is 2. The zero-order valence-electron chi connectivity index (χ0n) is 35.4. The number of nitrogens with one attached hydrogen (secondary N) is 1. The minimum Gasteiger partial charge on any atom is -0.485 e. The van der Waals surface area contributed by atoms with Crippen LogP contribution in [0.5, 0.6) is 11.5 Å². The third kappa shape index (κ3) is 8.89. The molecule has 0 bridgehead atoms. The lowest BCUT2D eigenvalue weighted by molar-refractivity contribution is 0.119. The van der Waals surface area contributed by atoms with Gasteiger partial charge in [0.05, 0.1) is 28.8 Å². The van der Waals surface area contributed by atoms with E-state index < -0.39 is 19.7 Å². The number of nitrogens with zero attached hydrogens (tertiary/aromatic N) is 5. The Hall–Kier alpha value is -4.93. The van der Waals surface area contributed by atoms with Crippen molar-refractivity contribution in [2.45, 2.75) is 70.8 Å². The van der Waals surface area contributed by atoms with Gasteiger partial charge in [0.2, 0.25) is 19.7 Å². The van der Waals surface area contributed by atoms with Gasteiger partial charge in [0.1, 0.15) is 34.7 Å². The first kappa shape index (κ1) is 46.6. The second kappa shape index (κ2) is 19.5. The number of fused-ring (bicyclic) bond motifs is 2. The van der Waals surface area contributed by atoms with E-state index >= 15 is 0 Å². The van der Waals surface area contributed by atoms with Crippen LogP contribution in [0.2, 0.25) is 0 Å². The second-order valence-electron chi connectivity index (χ2n) is 16.3. The fraction of sp³-hybridized carbons (Fsp3) is 0.292. The predicted molar refractivity (Wildman–Crippen MR) is 260 cm³/mol. The molecule has 340 valence electrons. The van der Waals surface area contributed by atoms with Gasteiger partial charge in [-0.15, -0.1) is 36.4 Å². The molecule has 4 aliphatic rings. The van der Waals surface area contributed by atoms with Crippen molar-refractivity contribution < 1.29 is 26.3 Å². The van der Waals surface area contributed by atoms with Gasteiger partial charge in [0.15, 0.2) is 10.1 Å². The molecule has 2 unspecified atom stereocenters. The third-order valence-electron chi connectivity index (χ3n) is 12.1. The molecule has 0 saturated carbocycles. The molecular weight excluding hydrogens is 927 g/mol. The largest absolute Gasteiger partial charge is 0.485 e. The molecular formula is C48H49Cl3N6O6S2. The molecule has 2 aromatic heterocycles. The van der Waals surface area contributed by atoms with Gasteiger partial charge in [-0.05, 0) is 99.0 Å². The van der Waals surface area contributed by atoms with Crippen LogP contribution in [0.1, 0.15) is 25.7 Å². The molecule has 6 heterocycles. The number of aromatic nitrogens is 4. The van der Waals surface area contributed by atoms with Crippen molar-refractivity contribution in [3.8, 4) is 11.5 Å². The predicted octanol–water partition coefficient (Wildman–Crippen LogP) is 9.11. The van der Waals surface area contributed by atoms with Crippen LogP contribution in [0, 0.1) is 0 Å². The molecule has 2 fully saturated rings. The highest BCUT2D eigenvalue weighted by Crippen LogP contribution is 2.39. The Bertz CT molecular complexity index is 3210. The minimum atomic E-state index is -3.82. The maximum Gasteiger partial charge on any atom is 0.226 e. The maximum atomic E-state index is 13.8. The summed E-state index contributed by atoms with van der Waals surface area (Å²) in [5.41, 5.74) is 1.46. The molecule has 0 radical (unpaired) electrons. The first-order valence-electron chi connectivity index (χ1n) is 21.5. The molecule has 2 atom stereocenters. The van der Waals surface area contributed by atoms with E-state index in [2.05, 4.69) is 20.4 Å². The zero-order valence-corrected chi connectivity index (χ0v) is 39.4. The van der Waals surface area contributed by atoms with Crippen molar-refractivity contribution in [1.82, 2.24) is 29.8 Å². The molecule has 8 aromatic rings. The molecule has 17 heteroatoms. The van der Waals surface area contributed by atoms with E-state index in [-0.39, 0.29) is 56.9 Å². The summed E-state index contributed by atoms with van der Waals surface area (Å²) >= 11 is 5.96. The smallest absolute Gasteiger partial charge is 0.226 e. The van der Waals surface area contributed by atoms with E-state index in [1.807, 2.05) is 89.6 Å². The zero-order chi connectivity index (χ0) is 43.1. The van der Waals surface area contributed by atoms with Crippen molar-refractivity contribution in [1.29, 1.82) is 0 Å². The van der Waals surface area contributed by atoms with Gasteiger partial charge in [0, 0.05) is 28.1 Å². The Balaban J connectivity index is 0.000000157. The van der Waals surface area contributed by atoms with Crippen molar-refractivity contribution in [3.05, 3.63) is 121 Å². The summed E-state index contributed by atoms with van der Waals surface area (Å²) in [5, 5.41) is 16.8. The Labute approximate surface area is 395 Å². The fourth-order valence-electron chi connectivity index (χ4n) is 9.14. The number of rotatable bonds is 7. The Morgan fingerprint density at radius 2 is 0.985 bits per heavy atom. The average molecular weight is 976 g/mol. The number of hydrogen-bond donors (Lipinski definition) is 1. The third-order valence-corrected chi connectivity index (χ3v) is 16.0. The van der Waals surface area contributed by atoms with Crippen molar-refractivity contribution >= 4 is 99.4 Å². The lowest BCUT2D eigenvalue weighted by Crippen LogP contribution is -2.38. The van der Waals surface area contributed by atoms with Gasteiger partial charge < -0.3 is 14.8 Å². The van der Waals surface area contributed by atoms with Gasteiger partial charge in [0.25, 0.3) is 0 Å². The van der Waals surface area contributed by atoms with E-state index in [9.17, 15) is 16.8 Å². The molecule has 0 spiro atoms. The molecule has 65 heavy (non-hydrogen) atoms. The van der Waals surface area contributed by atoms with Crippen LogP contribution in [0.15, 0.2) is 141 Å². The van der Waals surface area contributed by atoms with Gasteiger partial charge in [-0.3, -0.25) is 14.3 Å². The number of alkyl halides is 1. The number of halogens is 3. The molecule has 0 amide bonds. The molecule has 4 aliphatic heterocycles. The van der Waals surface area contributed by atoms with Crippen molar-refractivity contribution in [3.63, 3.8) is 0 Å². The van der Waals surface area contributed by atoms with E-state index in [0.717, 1.165) is 35.9 Å². The molecule has 12 rings (SSSR count). The van der Waals surface area contributed by atoms with Crippen LogP contribution in [0.25, 0.3) is 43.4 Å². The summed E-state index contributed by atoms with van der Waals surface area (Å²) in [6.45, 7) is 6.49. The number of likely N-dealkylation sites (tertiary alicyclic amines) is 1. The monoisotopic (exact) mass is 974 g/mol. The van der Waals surface area contributed by atoms with Gasteiger partial charge in [-0.2, -0.15) is 10.2 Å². The average Bonchev–Trinajstić information content (AvgIpc) is 4.17. The highest BCUT2D eigenvalue weighted by Gasteiger charge is 2.34. The SMILES string of the molecule is C1CCNC1.Cl.Cl.O=S(=O)(c1cccc2ccccc12)c1nn2c3c(cccc13)OC(CCl)C2.O=S(=O)(c1cccc2ccccc12)c1nn2c3c(cccc13)OC(CN1CCCC1)C2. The Kier molecular flexibility index (Phi) is 14.0. The molecule has 1 N–H and O–H groups in total. The lowest BCUT2D eigenvalue weighted by Gasteiger charge is -2.28. The highest BCUT2D eigenvalue weighted by molar-refractivity contribution is 7.92. The van der Waals surface area contributed by atoms with Crippen molar-refractivity contribution in [2.24, 2.45) is 0 Å². The quantitative estimate of drug-likeness (QED) is 0.154. The highest BCUT2D eigenvalue weighted by atomic mass is 35.5. The summed E-state index contributed by atoms with van der Waals surface area (Å²) in [6.07, 6.45) is 4.95. The van der Waals surface area contributed by atoms with Gasteiger partial charge in [-0.25, -0.2) is 16.8 Å². The van der Waals surface area contributed by atoms with Crippen LogP contribution in [0.3, 0.4) is 0 Å². The second-order valence-corrected chi connectivity index (χ2v) is 20.3. The summed E-state index contributed by atoms with van der Waals surface area (Å²) in [5.74, 6) is 1.62. The molecule has 2 saturated heterocycles. The van der Waals surface area contributed by atoms with Gasteiger partial charge in [-0.1, -0.05) is 84.9 Å². The Morgan fingerprint density at radius 3 is 1.46 bits per heavy atom. The molecule has 0 aliphatic carbocycles. The standard InChI is InChI=1S/C24H23N3O3S.C20H15ClN2O3S.C4H9N.2ClH/c28-31(29,22-12-5-8-17-7-1-2-9-19(17)22)24-20-10-6-11-21-23(20)27(25-24)16-18(30-21)15-26-13-3-4-14-26;21-11-14-12-23-19-16(8-4-9-17(19)26-14)20(22-23)27(24,25)18-10-3-6-13-5-1-2-7-15(13)18;1-2-4-5-3-1;;/h1-2,5-12,18H,3-4,13-16H2;1-10,14H,11-12H2;5H,1-4H2;2*1H. The first-order chi connectivity index (χ1) is 30.7. The first-order valence-corrected chi connectivity index (χ1v) is 25.0. The normalized spacial score (nSPS) is 17.9. The Morgan fingerprint density at radius 1 is 0.554 bits per heavy atom. The number of benzene rings is 6. The van der Waals surface area contributed by atoms with E-state index in [0.29, 0.717) is 57.5 Å². The van der Waals surface area contributed by atoms with Crippen LogP contribution in [-0.2, 0) is 32.8 Å². The van der Waals surface area contributed by atoms with Crippen LogP contribution in [-0.4, -0.2) is 92.1 Å². The van der Waals surface area contributed by atoms with Crippen molar-refractivity contribution in [2.75, 3.05) is 38.6 Å². The molecule has 6 aromatic carbocycles. The number of ether oxygens (including phenoxy) is 2. The maximum absolute atomic E-state index is 13.8. The van der Waals surface area contributed by atoms with Crippen LogP contribution in [0.4, 0.5) is 0 Å². The fourth-order valence-corrected chi connectivity index (χ4v) is 12.5. The van der Waals surface area contributed by atoms with Crippen LogP contribution >= 0.6 is 36.4 Å². The number of sulfone groups is 2. The summed E-state index contributed by atoms with van der Waals surface area (Å²) in [7, 11) is -7.62. The molecule has 12 nitrogen and oxygen atoms in total. The summed E-state index contributed by atoms with van der Waals surface area (Å²) < 4.78 is 70.2.